The van der Waals surface area contributed by atoms with Crippen molar-refractivity contribution in [1.29, 1.82) is 0 Å². The lowest BCUT2D eigenvalue weighted by molar-refractivity contribution is 0.0414. The predicted octanol–water partition coefficient (Wildman–Crippen LogP) is 0.799. The van der Waals surface area contributed by atoms with Crippen LogP contribution in [-0.2, 0) is 6.54 Å². The van der Waals surface area contributed by atoms with Gasteiger partial charge in [-0.25, -0.2) is 0 Å². The number of halogens is 2. The van der Waals surface area contributed by atoms with Gasteiger partial charge in [0.1, 0.15) is 0 Å². The Bertz CT molecular complexity index is 361. The maximum absolute atomic E-state index is 9.14. The van der Waals surface area contributed by atoms with Gasteiger partial charge in [0.2, 0.25) is 0 Å². The van der Waals surface area contributed by atoms with Gasteiger partial charge >= 0.3 is 0 Å². The third-order valence-electron chi connectivity index (χ3n) is 2.59. The fourth-order valence-corrected chi connectivity index (χ4v) is 1.67. The highest BCUT2D eigenvalue weighted by atomic mass is 35.5. The average Bonchev–Trinajstić information content (AvgIpc) is 2.36. The van der Waals surface area contributed by atoms with E-state index in [4.69, 9.17) is 38.5 Å². The molecule has 0 radical (unpaired) electrons. The predicted molar refractivity (Wildman–Crippen MR) is 67.3 cm³/mol. The van der Waals surface area contributed by atoms with E-state index < -0.39 is 5.54 Å². The molecule has 0 aliphatic rings. The Morgan fingerprint density at radius 1 is 1.06 bits per heavy atom. The molecule has 0 fully saturated rings. The van der Waals surface area contributed by atoms with E-state index in [1.807, 2.05) is 0 Å². The van der Waals surface area contributed by atoms with E-state index in [2.05, 4.69) is 5.32 Å². The van der Waals surface area contributed by atoms with Crippen molar-refractivity contribution in [2.75, 3.05) is 19.8 Å². The molecule has 0 aliphatic carbocycles. The maximum Gasteiger partial charge on any atom is 0.0884 e. The van der Waals surface area contributed by atoms with E-state index in [-0.39, 0.29) is 19.8 Å². The van der Waals surface area contributed by atoms with E-state index in [0.29, 0.717) is 16.6 Å². The Kier molecular flexibility index (Phi) is 5.66. The number of nitrogens with one attached hydrogen (secondary N) is 1. The molecule has 4 nitrogen and oxygen atoms in total. The molecule has 0 saturated heterocycles. The zero-order valence-corrected chi connectivity index (χ0v) is 10.7. The second kappa shape index (κ2) is 6.54. The van der Waals surface area contributed by atoms with E-state index in [9.17, 15) is 0 Å². The quantitative estimate of drug-likeness (QED) is 0.622. The summed E-state index contributed by atoms with van der Waals surface area (Å²) in [5.74, 6) is 0. The Hall–Kier alpha value is -0.360. The van der Waals surface area contributed by atoms with Gasteiger partial charge in [-0.3, -0.25) is 0 Å². The Balaban J connectivity index is 2.75. The van der Waals surface area contributed by atoms with Crippen LogP contribution in [-0.4, -0.2) is 40.7 Å². The maximum atomic E-state index is 9.14. The summed E-state index contributed by atoms with van der Waals surface area (Å²) >= 11 is 11.8. The standard InChI is InChI=1S/C11H15Cl2NO3/c12-9-3-1-2-8(10(9)13)4-14-11(5-15,6-16)7-17/h1-3,14-17H,4-7H2. The Morgan fingerprint density at radius 3 is 2.18 bits per heavy atom. The van der Waals surface area contributed by atoms with Crippen molar-refractivity contribution in [3.05, 3.63) is 33.8 Å². The van der Waals surface area contributed by atoms with E-state index in [1.54, 1.807) is 18.2 Å². The molecule has 17 heavy (non-hydrogen) atoms. The van der Waals surface area contributed by atoms with Crippen molar-refractivity contribution in [2.45, 2.75) is 12.1 Å². The van der Waals surface area contributed by atoms with Gasteiger partial charge in [0.25, 0.3) is 0 Å². The second-order valence-corrected chi connectivity index (χ2v) is 4.61. The molecular weight excluding hydrogens is 265 g/mol. The van der Waals surface area contributed by atoms with Crippen LogP contribution in [0.15, 0.2) is 18.2 Å². The molecule has 1 rings (SSSR count). The van der Waals surface area contributed by atoms with Crippen LogP contribution in [0.25, 0.3) is 0 Å². The van der Waals surface area contributed by atoms with Gasteiger partial charge in [0, 0.05) is 6.54 Å². The fraction of sp³-hybridized carbons (Fsp3) is 0.455. The summed E-state index contributed by atoms with van der Waals surface area (Å²) in [5.41, 5.74) is -0.384. The molecule has 0 saturated carbocycles. The average molecular weight is 280 g/mol. The lowest BCUT2D eigenvalue weighted by atomic mass is 10.0. The van der Waals surface area contributed by atoms with Crippen molar-refractivity contribution in [2.24, 2.45) is 0 Å². The number of benzene rings is 1. The lowest BCUT2D eigenvalue weighted by Crippen LogP contribution is -2.54. The SMILES string of the molecule is OCC(CO)(CO)NCc1cccc(Cl)c1Cl. The first-order chi connectivity index (χ1) is 8.08. The van der Waals surface area contributed by atoms with Crippen LogP contribution in [0.3, 0.4) is 0 Å². The third-order valence-corrected chi connectivity index (χ3v) is 3.45. The van der Waals surface area contributed by atoms with Crippen molar-refractivity contribution in [1.82, 2.24) is 5.32 Å². The summed E-state index contributed by atoms with van der Waals surface area (Å²) in [6, 6.07) is 5.20. The van der Waals surface area contributed by atoms with Gasteiger partial charge in [-0.2, -0.15) is 0 Å². The minimum absolute atomic E-state index is 0.293. The fourth-order valence-electron chi connectivity index (χ4n) is 1.29. The monoisotopic (exact) mass is 279 g/mol. The molecule has 0 amide bonds. The van der Waals surface area contributed by atoms with Crippen LogP contribution in [0, 0.1) is 0 Å². The highest BCUT2D eigenvalue weighted by Crippen LogP contribution is 2.25. The first-order valence-corrected chi connectivity index (χ1v) is 5.84. The molecule has 96 valence electrons. The zero-order valence-electron chi connectivity index (χ0n) is 9.16. The Labute approximate surface area is 110 Å². The summed E-state index contributed by atoms with van der Waals surface area (Å²) in [6.45, 7) is -0.838. The molecule has 1 aromatic carbocycles. The van der Waals surface area contributed by atoms with E-state index in [0.717, 1.165) is 5.56 Å². The summed E-state index contributed by atoms with van der Waals surface area (Å²) in [7, 11) is 0. The molecule has 0 atom stereocenters. The van der Waals surface area contributed by atoms with Crippen molar-refractivity contribution in [3.63, 3.8) is 0 Å². The second-order valence-electron chi connectivity index (χ2n) is 3.82. The molecule has 6 heteroatoms. The molecule has 0 spiro atoms. The highest BCUT2D eigenvalue weighted by Gasteiger charge is 2.27. The van der Waals surface area contributed by atoms with E-state index in [1.165, 1.54) is 0 Å². The van der Waals surface area contributed by atoms with Crippen LogP contribution < -0.4 is 5.32 Å². The topological polar surface area (TPSA) is 72.7 Å². The molecule has 1 aromatic rings. The molecular formula is C11H15Cl2NO3. The molecule has 0 aliphatic heterocycles. The minimum atomic E-state index is -1.12. The number of aliphatic hydroxyl groups excluding tert-OH is 3. The number of hydrogen-bond acceptors (Lipinski definition) is 4. The van der Waals surface area contributed by atoms with Crippen LogP contribution in [0.5, 0.6) is 0 Å². The summed E-state index contributed by atoms with van der Waals surface area (Å²) in [5, 5.41) is 31.1. The number of aliphatic hydroxyl groups is 3. The highest BCUT2D eigenvalue weighted by molar-refractivity contribution is 6.42. The molecule has 0 aromatic heterocycles. The molecule has 0 heterocycles. The number of rotatable bonds is 6. The van der Waals surface area contributed by atoms with Gasteiger partial charge in [0.05, 0.1) is 35.4 Å². The largest absolute Gasteiger partial charge is 0.394 e. The first-order valence-electron chi connectivity index (χ1n) is 5.09. The zero-order chi connectivity index (χ0) is 12.9. The van der Waals surface area contributed by atoms with Gasteiger partial charge in [0.15, 0.2) is 0 Å². The lowest BCUT2D eigenvalue weighted by Gasteiger charge is -2.29. The van der Waals surface area contributed by atoms with Crippen molar-refractivity contribution in [3.8, 4) is 0 Å². The van der Waals surface area contributed by atoms with Gasteiger partial charge in [-0.1, -0.05) is 35.3 Å². The van der Waals surface area contributed by atoms with E-state index >= 15 is 0 Å². The smallest absolute Gasteiger partial charge is 0.0884 e. The Morgan fingerprint density at radius 2 is 1.65 bits per heavy atom. The number of hydrogen-bond donors (Lipinski definition) is 4. The minimum Gasteiger partial charge on any atom is -0.394 e. The van der Waals surface area contributed by atoms with Crippen LogP contribution >= 0.6 is 23.2 Å². The summed E-state index contributed by atoms with van der Waals surface area (Å²) in [6.07, 6.45) is 0. The van der Waals surface area contributed by atoms with Gasteiger partial charge in [-0.05, 0) is 11.6 Å². The first kappa shape index (κ1) is 14.7. The van der Waals surface area contributed by atoms with Crippen molar-refractivity contribution < 1.29 is 15.3 Å². The van der Waals surface area contributed by atoms with Crippen LogP contribution in [0.2, 0.25) is 10.0 Å². The van der Waals surface area contributed by atoms with Gasteiger partial charge in [-0.15, -0.1) is 0 Å². The summed E-state index contributed by atoms with van der Waals surface area (Å²) in [4.78, 5) is 0. The molecule has 4 N–H and O–H groups in total. The van der Waals surface area contributed by atoms with Crippen molar-refractivity contribution >= 4 is 23.2 Å². The third kappa shape index (κ3) is 3.55. The normalized spacial score (nSPS) is 11.8. The molecule has 0 unspecified atom stereocenters. The van der Waals surface area contributed by atoms with Gasteiger partial charge < -0.3 is 20.6 Å². The van der Waals surface area contributed by atoms with Crippen LogP contribution in [0.1, 0.15) is 5.56 Å². The van der Waals surface area contributed by atoms with Crippen LogP contribution in [0.4, 0.5) is 0 Å². The molecule has 0 bridgehead atoms. The summed E-state index contributed by atoms with van der Waals surface area (Å²) < 4.78 is 0.